The van der Waals surface area contributed by atoms with Crippen LogP contribution in [0.15, 0.2) is 53.0 Å². The molecule has 2 aromatic rings. The van der Waals surface area contributed by atoms with E-state index in [9.17, 15) is 14.3 Å². The zero-order valence-electron chi connectivity index (χ0n) is 12.6. The predicted octanol–water partition coefficient (Wildman–Crippen LogP) is 3.78. The summed E-state index contributed by atoms with van der Waals surface area (Å²) < 4.78 is 14.0. The molecule has 5 heteroatoms. The van der Waals surface area contributed by atoms with E-state index in [2.05, 4.69) is 33.4 Å². The van der Waals surface area contributed by atoms with Crippen molar-refractivity contribution in [3.8, 4) is 0 Å². The number of halogens is 2. The number of benzene rings is 2. The van der Waals surface area contributed by atoms with Gasteiger partial charge in [0.15, 0.2) is 0 Å². The molecule has 0 radical (unpaired) electrons. The van der Waals surface area contributed by atoms with Crippen LogP contribution in [0.5, 0.6) is 0 Å². The lowest BCUT2D eigenvalue weighted by molar-refractivity contribution is -0.254. The van der Waals surface area contributed by atoms with E-state index in [-0.39, 0.29) is 29.3 Å². The van der Waals surface area contributed by atoms with Crippen molar-refractivity contribution < 1.29 is 14.3 Å². The van der Waals surface area contributed by atoms with Gasteiger partial charge in [0.2, 0.25) is 0 Å². The van der Waals surface area contributed by atoms with E-state index < -0.39 is 5.97 Å². The summed E-state index contributed by atoms with van der Waals surface area (Å²) in [5, 5.41) is 14.9. The van der Waals surface area contributed by atoms with Crippen molar-refractivity contribution in [2.75, 3.05) is 5.32 Å². The van der Waals surface area contributed by atoms with Gasteiger partial charge in [-0.3, -0.25) is 0 Å². The summed E-state index contributed by atoms with van der Waals surface area (Å²) in [6.45, 7) is 0. The van der Waals surface area contributed by atoms with E-state index in [0.717, 1.165) is 22.0 Å². The summed E-state index contributed by atoms with van der Waals surface area (Å²) in [6, 6.07) is 9.83. The highest BCUT2D eigenvalue weighted by Gasteiger charge is 2.39. The van der Waals surface area contributed by atoms with Gasteiger partial charge in [0.1, 0.15) is 5.82 Å². The molecule has 0 amide bonds. The minimum Gasteiger partial charge on any atom is -0.545 e. The largest absolute Gasteiger partial charge is 0.545 e. The lowest BCUT2D eigenvalue weighted by Gasteiger charge is -2.38. The van der Waals surface area contributed by atoms with Gasteiger partial charge in [-0.05, 0) is 47.7 Å². The van der Waals surface area contributed by atoms with E-state index in [0.29, 0.717) is 5.69 Å². The maximum atomic E-state index is 13.3. The number of carbonyl (C=O) groups is 1. The highest BCUT2D eigenvalue weighted by molar-refractivity contribution is 9.10. The van der Waals surface area contributed by atoms with Crippen LogP contribution in [0.3, 0.4) is 0 Å². The first-order valence-corrected chi connectivity index (χ1v) is 8.57. The van der Waals surface area contributed by atoms with Crippen LogP contribution in [0.1, 0.15) is 39.9 Å². The van der Waals surface area contributed by atoms with Gasteiger partial charge >= 0.3 is 0 Å². The Kier molecular flexibility index (Phi) is 3.68. The Morgan fingerprint density at radius 3 is 2.71 bits per heavy atom. The number of aromatic carboxylic acids is 1. The van der Waals surface area contributed by atoms with E-state index in [1.54, 1.807) is 18.2 Å². The molecule has 0 aromatic heterocycles. The second-order valence-electron chi connectivity index (χ2n) is 6.23. The Bertz CT molecular complexity index is 847. The quantitative estimate of drug-likeness (QED) is 0.799. The van der Waals surface area contributed by atoms with Crippen LogP contribution in [0.4, 0.5) is 10.1 Å². The van der Waals surface area contributed by atoms with Crippen molar-refractivity contribution in [1.82, 2.24) is 0 Å². The third kappa shape index (κ3) is 2.44. The number of nitrogens with one attached hydrogen (secondary N) is 1. The Balaban J connectivity index is 1.86. The van der Waals surface area contributed by atoms with Gasteiger partial charge in [-0.1, -0.05) is 40.2 Å². The van der Waals surface area contributed by atoms with Crippen molar-refractivity contribution in [3.63, 3.8) is 0 Å². The standard InChI is InChI=1S/C19H15BrFNO2/c20-11-8-15-13-2-1-3-14(13)17(10-4-6-12(21)7-5-10)22-18(15)16(9-11)19(23)24/h1-2,4-9,13-14,17,22H,3H2,(H,23,24)/p-1/t13-,14+,17+/m0/s1. The first-order valence-electron chi connectivity index (χ1n) is 7.78. The molecular formula is C19H14BrFNO2-. The molecule has 1 aliphatic heterocycles. The van der Waals surface area contributed by atoms with E-state index in [1.165, 1.54) is 12.1 Å². The van der Waals surface area contributed by atoms with Gasteiger partial charge in [-0.25, -0.2) is 4.39 Å². The lowest BCUT2D eigenvalue weighted by Crippen LogP contribution is -2.32. The first kappa shape index (κ1) is 15.4. The third-order valence-electron chi connectivity index (χ3n) is 4.88. The Morgan fingerprint density at radius 2 is 2.00 bits per heavy atom. The van der Waals surface area contributed by atoms with Gasteiger partial charge in [-0.2, -0.15) is 0 Å². The fraction of sp³-hybridized carbons (Fsp3) is 0.211. The molecule has 0 bridgehead atoms. The Hall–Kier alpha value is -2.14. The van der Waals surface area contributed by atoms with Gasteiger partial charge in [0.05, 0.1) is 12.0 Å². The summed E-state index contributed by atoms with van der Waals surface area (Å²) >= 11 is 3.39. The van der Waals surface area contributed by atoms with Crippen molar-refractivity contribution in [1.29, 1.82) is 0 Å². The molecule has 0 saturated heterocycles. The van der Waals surface area contributed by atoms with Gasteiger partial charge in [0.25, 0.3) is 0 Å². The van der Waals surface area contributed by atoms with Crippen LogP contribution in [0.2, 0.25) is 0 Å². The molecule has 1 N–H and O–H groups in total. The van der Waals surface area contributed by atoms with Crippen LogP contribution in [-0.2, 0) is 0 Å². The number of allylic oxidation sites excluding steroid dienone is 2. The van der Waals surface area contributed by atoms with E-state index in [1.807, 2.05) is 6.07 Å². The third-order valence-corrected chi connectivity index (χ3v) is 5.34. The van der Waals surface area contributed by atoms with Gasteiger partial charge in [0, 0.05) is 21.6 Å². The maximum absolute atomic E-state index is 13.3. The molecule has 0 saturated carbocycles. The van der Waals surface area contributed by atoms with Crippen molar-refractivity contribution in [3.05, 3.63) is 75.5 Å². The highest BCUT2D eigenvalue weighted by Crippen LogP contribution is 2.51. The fourth-order valence-corrected chi connectivity index (χ4v) is 4.30. The lowest BCUT2D eigenvalue weighted by atomic mass is 9.76. The Labute approximate surface area is 147 Å². The molecule has 0 spiro atoms. The number of rotatable bonds is 2. The number of hydrogen-bond donors (Lipinski definition) is 1. The number of carboxylic acids is 1. The minimum atomic E-state index is -1.21. The van der Waals surface area contributed by atoms with Crippen LogP contribution in [-0.4, -0.2) is 5.97 Å². The second kappa shape index (κ2) is 5.74. The molecular weight excluding hydrogens is 373 g/mol. The van der Waals surface area contributed by atoms with Crippen molar-refractivity contribution in [2.24, 2.45) is 5.92 Å². The summed E-state index contributed by atoms with van der Waals surface area (Å²) in [6.07, 6.45) is 5.15. The highest BCUT2D eigenvalue weighted by atomic mass is 79.9. The SMILES string of the molecule is O=C([O-])c1cc(Br)cc2c1N[C@H](c1ccc(F)cc1)[C@@H]1CC=C[C@H]21. The molecule has 122 valence electrons. The first-order chi connectivity index (χ1) is 11.5. The number of anilines is 1. The molecule has 3 atom stereocenters. The summed E-state index contributed by atoms with van der Waals surface area (Å²) in [4.78, 5) is 11.6. The molecule has 0 fully saturated rings. The molecule has 3 nitrogen and oxygen atoms in total. The molecule has 0 unspecified atom stereocenters. The van der Waals surface area contributed by atoms with Crippen LogP contribution in [0.25, 0.3) is 0 Å². The van der Waals surface area contributed by atoms with Crippen molar-refractivity contribution in [2.45, 2.75) is 18.4 Å². The zero-order valence-corrected chi connectivity index (χ0v) is 14.2. The molecule has 2 aliphatic rings. The topological polar surface area (TPSA) is 52.2 Å². The molecule has 4 rings (SSSR count). The molecule has 1 aliphatic carbocycles. The van der Waals surface area contributed by atoms with E-state index >= 15 is 0 Å². The predicted molar refractivity (Wildman–Crippen MR) is 91.2 cm³/mol. The van der Waals surface area contributed by atoms with Crippen LogP contribution in [0, 0.1) is 11.7 Å². The number of carboxylic acid groups (broad SMARTS) is 1. The number of hydrogen-bond acceptors (Lipinski definition) is 3. The zero-order chi connectivity index (χ0) is 16.8. The second-order valence-corrected chi connectivity index (χ2v) is 7.15. The smallest absolute Gasteiger partial charge is 0.123 e. The molecule has 2 aromatic carbocycles. The minimum absolute atomic E-state index is 0.0719. The summed E-state index contributed by atoms with van der Waals surface area (Å²) in [5.41, 5.74) is 2.65. The molecule has 24 heavy (non-hydrogen) atoms. The summed E-state index contributed by atoms with van der Waals surface area (Å²) in [5.74, 6) is -1.09. The van der Waals surface area contributed by atoms with Crippen LogP contribution >= 0.6 is 15.9 Å². The monoisotopic (exact) mass is 386 g/mol. The normalized spacial score (nSPS) is 24.2. The van der Waals surface area contributed by atoms with Gasteiger partial charge in [-0.15, -0.1) is 0 Å². The fourth-order valence-electron chi connectivity index (χ4n) is 3.83. The van der Waals surface area contributed by atoms with Gasteiger partial charge < -0.3 is 15.2 Å². The van der Waals surface area contributed by atoms with E-state index in [4.69, 9.17) is 0 Å². The molecule has 1 heterocycles. The van der Waals surface area contributed by atoms with Crippen molar-refractivity contribution >= 4 is 27.6 Å². The summed E-state index contributed by atoms with van der Waals surface area (Å²) in [7, 11) is 0. The average molecular weight is 387 g/mol. The maximum Gasteiger partial charge on any atom is 0.123 e. The number of carbonyl (C=O) groups excluding carboxylic acids is 1. The van der Waals surface area contributed by atoms with Crippen LogP contribution < -0.4 is 10.4 Å². The average Bonchev–Trinajstić information content (AvgIpc) is 3.04. The number of fused-ring (bicyclic) bond motifs is 3. The Morgan fingerprint density at radius 1 is 1.25 bits per heavy atom.